The normalized spacial score (nSPS) is 23.5. The standard InChI is InChI=1S/C17H25NO3/c1-3-21-16-10-6-13(7-11-16)12(2)18-15-8-4-14(5-9-15)17(19)20/h6-7,10-12,14-15,18H,3-5,8-9H2,1-2H3,(H,19,20). The van der Waals surface area contributed by atoms with Gasteiger partial charge >= 0.3 is 5.97 Å². The lowest BCUT2D eigenvalue weighted by Gasteiger charge is -2.29. The summed E-state index contributed by atoms with van der Waals surface area (Å²) in [6.07, 6.45) is 3.45. The molecule has 4 nitrogen and oxygen atoms in total. The van der Waals surface area contributed by atoms with Crippen molar-refractivity contribution in [3.8, 4) is 5.75 Å². The van der Waals surface area contributed by atoms with E-state index in [0.717, 1.165) is 31.4 Å². The molecule has 1 aromatic carbocycles. The summed E-state index contributed by atoms with van der Waals surface area (Å²) in [5.41, 5.74) is 1.24. The first-order valence-corrected chi connectivity index (χ1v) is 7.81. The zero-order valence-corrected chi connectivity index (χ0v) is 12.8. The molecule has 0 amide bonds. The number of carboxylic acids is 1. The Morgan fingerprint density at radius 3 is 2.43 bits per heavy atom. The van der Waals surface area contributed by atoms with E-state index in [1.165, 1.54) is 5.56 Å². The van der Waals surface area contributed by atoms with Crippen LogP contribution in [0.3, 0.4) is 0 Å². The van der Waals surface area contributed by atoms with E-state index in [0.29, 0.717) is 12.6 Å². The van der Waals surface area contributed by atoms with Crippen molar-refractivity contribution in [1.82, 2.24) is 5.32 Å². The SMILES string of the molecule is CCOc1ccc(C(C)NC2CCC(C(=O)O)CC2)cc1. The van der Waals surface area contributed by atoms with Crippen LogP contribution in [-0.2, 0) is 4.79 Å². The van der Waals surface area contributed by atoms with Crippen molar-refractivity contribution in [2.24, 2.45) is 5.92 Å². The van der Waals surface area contributed by atoms with Crippen molar-refractivity contribution in [3.05, 3.63) is 29.8 Å². The quantitative estimate of drug-likeness (QED) is 0.843. The zero-order chi connectivity index (χ0) is 15.2. The molecular formula is C17H25NO3. The molecule has 0 bridgehead atoms. The number of hydrogen-bond acceptors (Lipinski definition) is 3. The Morgan fingerprint density at radius 1 is 1.29 bits per heavy atom. The highest BCUT2D eigenvalue weighted by Gasteiger charge is 2.26. The second-order valence-electron chi connectivity index (χ2n) is 5.78. The number of rotatable bonds is 6. The van der Waals surface area contributed by atoms with Crippen LogP contribution in [0.4, 0.5) is 0 Å². The molecule has 1 saturated carbocycles. The van der Waals surface area contributed by atoms with Crippen LogP contribution in [0, 0.1) is 5.92 Å². The number of ether oxygens (including phenoxy) is 1. The molecule has 2 rings (SSSR count). The molecule has 1 unspecified atom stereocenters. The highest BCUT2D eigenvalue weighted by molar-refractivity contribution is 5.70. The number of hydrogen-bond donors (Lipinski definition) is 2. The molecule has 0 aliphatic heterocycles. The van der Waals surface area contributed by atoms with Crippen LogP contribution in [0.5, 0.6) is 5.75 Å². The van der Waals surface area contributed by atoms with Gasteiger partial charge in [-0.15, -0.1) is 0 Å². The Labute approximate surface area is 126 Å². The Bertz CT molecular complexity index is 450. The first-order chi connectivity index (χ1) is 10.1. The molecule has 0 radical (unpaired) electrons. The lowest BCUT2D eigenvalue weighted by molar-refractivity contribution is -0.142. The van der Waals surface area contributed by atoms with Gasteiger partial charge in [0.1, 0.15) is 5.75 Å². The average molecular weight is 291 g/mol. The van der Waals surface area contributed by atoms with Crippen molar-refractivity contribution in [2.45, 2.75) is 51.6 Å². The Morgan fingerprint density at radius 2 is 1.90 bits per heavy atom. The highest BCUT2D eigenvalue weighted by Crippen LogP contribution is 2.26. The van der Waals surface area contributed by atoms with Crippen LogP contribution in [-0.4, -0.2) is 23.7 Å². The third kappa shape index (κ3) is 4.46. The van der Waals surface area contributed by atoms with Crippen LogP contribution >= 0.6 is 0 Å². The minimum absolute atomic E-state index is 0.149. The predicted molar refractivity (Wildman–Crippen MR) is 82.5 cm³/mol. The fraction of sp³-hybridized carbons (Fsp3) is 0.588. The summed E-state index contributed by atoms with van der Waals surface area (Å²) < 4.78 is 5.45. The zero-order valence-electron chi connectivity index (χ0n) is 12.8. The monoisotopic (exact) mass is 291 g/mol. The molecule has 0 spiro atoms. The van der Waals surface area contributed by atoms with Gasteiger partial charge in [0.25, 0.3) is 0 Å². The fourth-order valence-corrected chi connectivity index (χ4v) is 2.98. The molecule has 1 atom stereocenters. The molecule has 0 heterocycles. The van der Waals surface area contributed by atoms with Crippen LogP contribution in [0.1, 0.15) is 51.1 Å². The average Bonchev–Trinajstić information content (AvgIpc) is 2.49. The molecule has 21 heavy (non-hydrogen) atoms. The fourth-order valence-electron chi connectivity index (χ4n) is 2.98. The van der Waals surface area contributed by atoms with Gasteiger partial charge in [-0.05, 0) is 57.2 Å². The van der Waals surface area contributed by atoms with E-state index >= 15 is 0 Å². The van der Waals surface area contributed by atoms with Crippen molar-refractivity contribution in [2.75, 3.05) is 6.61 Å². The molecule has 1 aliphatic rings. The maximum Gasteiger partial charge on any atom is 0.306 e. The highest BCUT2D eigenvalue weighted by atomic mass is 16.5. The van der Waals surface area contributed by atoms with E-state index in [1.807, 2.05) is 19.1 Å². The second-order valence-corrected chi connectivity index (χ2v) is 5.78. The van der Waals surface area contributed by atoms with Gasteiger partial charge in [-0.2, -0.15) is 0 Å². The molecule has 0 saturated heterocycles. The third-order valence-electron chi connectivity index (χ3n) is 4.25. The maximum absolute atomic E-state index is 11.0. The predicted octanol–water partition coefficient (Wildman–Crippen LogP) is 3.38. The summed E-state index contributed by atoms with van der Waals surface area (Å²) >= 11 is 0. The van der Waals surface area contributed by atoms with Crippen LogP contribution in [0.25, 0.3) is 0 Å². The minimum atomic E-state index is -0.645. The van der Waals surface area contributed by atoms with Gasteiger partial charge in [0.05, 0.1) is 12.5 Å². The van der Waals surface area contributed by atoms with E-state index in [-0.39, 0.29) is 12.0 Å². The molecule has 0 aromatic heterocycles. The number of aliphatic carboxylic acids is 1. The molecule has 1 fully saturated rings. The van der Waals surface area contributed by atoms with Gasteiger partial charge in [0.15, 0.2) is 0 Å². The second kappa shape index (κ2) is 7.46. The lowest BCUT2D eigenvalue weighted by atomic mass is 9.85. The lowest BCUT2D eigenvalue weighted by Crippen LogP contribution is -2.36. The van der Waals surface area contributed by atoms with Crippen LogP contribution < -0.4 is 10.1 Å². The van der Waals surface area contributed by atoms with Crippen molar-refractivity contribution in [3.63, 3.8) is 0 Å². The Hall–Kier alpha value is -1.55. The number of carboxylic acid groups (broad SMARTS) is 1. The first kappa shape index (κ1) is 15.8. The summed E-state index contributed by atoms with van der Waals surface area (Å²) in [4.78, 5) is 11.0. The third-order valence-corrected chi connectivity index (χ3v) is 4.25. The number of carbonyl (C=O) groups is 1. The van der Waals surface area contributed by atoms with Gasteiger partial charge in [-0.25, -0.2) is 0 Å². The largest absolute Gasteiger partial charge is 0.494 e. The van der Waals surface area contributed by atoms with Gasteiger partial charge in [-0.3, -0.25) is 4.79 Å². The molecule has 1 aliphatic carbocycles. The topological polar surface area (TPSA) is 58.6 Å². The van der Waals surface area contributed by atoms with Crippen molar-refractivity contribution >= 4 is 5.97 Å². The Kier molecular flexibility index (Phi) is 5.62. The summed E-state index contributed by atoms with van der Waals surface area (Å²) in [6.45, 7) is 4.81. The van der Waals surface area contributed by atoms with E-state index in [4.69, 9.17) is 9.84 Å². The molecular weight excluding hydrogens is 266 g/mol. The maximum atomic E-state index is 11.0. The van der Waals surface area contributed by atoms with E-state index < -0.39 is 5.97 Å². The van der Waals surface area contributed by atoms with Gasteiger partial charge < -0.3 is 15.2 Å². The Balaban J connectivity index is 1.84. The molecule has 4 heteroatoms. The molecule has 116 valence electrons. The number of nitrogens with one attached hydrogen (secondary N) is 1. The molecule has 1 aromatic rings. The van der Waals surface area contributed by atoms with Gasteiger partial charge in [-0.1, -0.05) is 12.1 Å². The molecule has 2 N–H and O–H groups in total. The summed E-state index contributed by atoms with van der Waals surface area (Å²) in [7, 11) is 0. The van der Waals surface area contributed by atoms with E-state index in [1.54, 1.807) is 0 Å². The smallest absolute Gasteiger partial charge is 0.306 e. The van der Waals surface area contributed by atoms with Crippen molar-refractivity contribution in [1.29, 1.82) is 0 Å². The van der Waals surface area contributed by atoms with Crippen molar-refractivity contribution < 1.29 is 14.6 Å². The van der Waals surface area contributed by atoms with Gasteiger partial charge in [0.2, 0.25) is 0 Å². The van der Waals surface area contributed by atoms with Gasteiger partial charge in [0, 0.05) is 12.1 Å². The summed E-state index contributed by atoms with van der Waals surface area (Å²) in [5, 5.41) is 12.6. The number of benzene rings is 1. The summed E-state index contributed by atoms with van der Waals surface area (Å²) in [6, 6.07) is 8.86. The van der Waals surface area contributed by atoms with Crippen LogP contribution in [0.2, 0.25) is 0 Å². The van der Waals surface area contributed by atoms with E-state index in [2.05, 4.69) is 24.4 Å². The summed E-state index contributed by atoms with van der Waals surface area (Å²) in [5.74, 6) is 0.104. The van der Waals surface area contributed by atoms with E-state index in [9.17, 15) is 4.79 Å². The minimum Gasteiger partial charge on any atom is -0.494 e. The van der Waals surface area contributed by atoms with Crippen LogP contribution in [0.15, 0.2) is 24.3 Å². The first-order valence-electron chi connectivity index (χ1n) is 7.81.